The van der Waals surface area contributed by atoms with Crippen LogP contribution in [0.2, 0.25) is 0 Å². The highest BCUT2D eigenvalue weighted by atomic mass is 19.1. The molecule has 2 aromatic carbocycles. The summed E-state index contributed by atoms with van der Waals surface area (Å²) in [4.78, 5) is 36.8. The van der Waals surface area contributed by atoms with Crippen molar-refractivity contribution < 1.29 is 23.6 Å². The number of carbonyl (C=O) groups excluding carboxylic acids is 2. The van der Waals surface area contributed by atoms with Gasteiger partial charge in [0.15, 0.2) is 0 Å². The van der Waals surface area contributed by atoms with Crippen molar-refractivity contribution in [3.63, 3.8) is 0 Å². The van der Waals surface area contributed by atoms with E-state index in [2.05, 4.69) is 5.32 Å². The van der Waals surface area contributed by atoms with Gasteiger partial charge in [0.1, 0.15) is 11.6 Å². The van der Waals surface area contributed by atoms with E-state index in [1.54, 1.807) is 17.0 Å². The van der Waals surface area contributed by atoms with Crippen LogP contribution in [0.25, 0.3) is 0 Å². The van der Waals surface area contributed by atoms with Crippen LogP contribution in [0.5, 0.6) is 5.75 Å². The van der Waals surface area contributed by atoms with Gasteiger partial charge in [-0.05, 0) is 30.2 Å². The number of halogens is 1. The van der Waals surface area contributed by atoms with Crippen molar-refractivity contribution in [1.82, 2.24) is 4.90 Å². The number of nitrogens with zero attached hydrogens (tertiary/aromatic N) is 2. The summed E-state index contributed by atoms with van der Waals surface area (Å²) in [5, 5.41) is 13.5. The monoisotopic (exact) mass is 401 g/mol. The number of carbonyl (C=O) groups is 2. The molecular formula is C20H20FN3O5. The minimum absolute atomic E-state index is 0.0878. The first-order valence-electron chi connectivity index (χ1n) is 9.03. The number of benzene rings is 2. The zero-order valence-electron chi connectivity index (χ0n) is 15.8. The largest absolute Gasteiger partial charge is 0.494 e. The van der Waals surface area contributed by atoms with E-state index in [0.717, 1.165) is 5.56 Å². The number of ether oxygens (including phenoxy) is 1. The molecule has 1 N–H and O–H groups in total. The molecule has 0 bridgehead atoms. The van der Waals surface area contributed by atoms with Gasteiger partial charge < -0.3 is 15.0 Å². The normalized spacial score (nSPS) is 16.0. The summed E-state index contributed by atoms with van der Waals surface area (Å²) in [7, 11) is 1.35. The van der Waals surface area contributed by atoms with Crippen molar-refractivity contribution in [3.05, 3.63) is 64.0 Å². The third-order valence-corrected chi connectivity index (χ3v) is 4.82. The van der Waals surface area contributed by atoms with Crippen LogP contribution in [-0.2, 0) is 16.0 Å². The zero-order chi connectivity index (χ0) is 21.0. The number of amides is 2. The van der Waals surface area contributed by atoms with Gasteiger partial charge in [-0.1, -0.05) is 12.1 Å². The quantitative estimate of drug-likeness (QED) is 0.568. The van der Waals surface area contributed by atoms with Crippen LogP contribution in [0.1, 0.15) is 12.0 Å². The molecule has 0 unspecified atom stereocenters. The number of nitro benzene ring substituents is 1. The fourth-order valence-corrected chi connectivity index (χ4v) is 3.21. The molecule has 152 valence electrons. The van der Waals surface area contributed by atoms with Crippen LogP contribution in [-0.4, -0.2) is 41.8 Å². The van der Waals surface area contributed by atoms with E-state index >= 15 is 0 Å². The standard InChI is InChI=1S/C20H20FN3O5/c1-29-18-11-16(24(27)28)6-7-17(18)22-20(26)14-10-19(25)23(12-14)9-8-13-2-4-15(21)5-3-13/h2-7,11,14H,8-10,12H2,1H3,(H,22,26)/t14-/m0/s1. The van der Waals surface area contributed by atoms with E-state index in [1.807, 2.05) is 0 Å². The second-order valence-electron chi connectivity index (χ2n) is 6.75. The second-order valence-corrected chi connectivity index (χ2v) is 6.75. The SMILES string of the molecule is COc1cc([N+](=O)[O-])ccc1NC(=O)[C@H]1CC(=O)N(CCc2ccc(F)cc2)C1. The van der Waals surface area contributed by atoms with Gasteiger partial charge in [-0.15, -0.1) is 0 Å². The van der Waals surface area contributed by atoms with E-state index in [4.69, 9.17) is 4.74 Å². The van der Waals surface area contributed by atoms with Crippen molar-refractivity contribution in [3.8, 4) is 5.75 Å². The Morgan fingerprint density at radius 2 is 2.03 bits per heavy atom. The van der Waals surface area contributed by atoms with E-state index in [9.17, 15) is 24.1 Å². The molecule has 3 rings (SSSR count). The van der Waals surface area contributed by atoms with Gasteiger partial charge in [0, 0.05) is 25.6 Å². The highest BCUT2D eigenvalue weighted by molar-refractivity contribution is 5.98. The van der Waals surface area contributed by atoms with Crippen LogP contribution >= 0.6 is 0 Å². The van der Waals surface area contributed by atoms with Crippen molar-refractivity contribution in [2.24, 2.45) is 5.92 Å². The Balaban J connectivity index is 1.60. The van der Waals surface area contributed by atoms with Crippen LogP contribution in [0.4, 0.5) is 15.8 Å². The molecule has 1 fully saturated rings. The highest BCUT2D eigenvalue weighted by Gasteiger charge is 2.34. The molecule has 1 heterocycles. The fraction of sp³-hybridized carbons (Fsp3) is 0.300. The van der Waals surface area contributed by atoms with E-state index < -0.39 is 10.8 Å². The average Bonchev–Trinajstić information content (AvgIpc) is 3.08. The van der Waals surface area contributed by atoms with Gasteiger partial charge in [0.25, 0.3) is 5.69 Å². The third-order valence-electron chi connectivity index (χ3n) is 4.82. The molecule has 0 saturated carbocycles. The maximum absolute atomic E-state index is 13.0. The lowest BCUT2D eigenvalue weighted by molar-refractivity contribution is -0.384. The third kappa shape index (κ3) is 4.87. The molecule has 9 heteroatoms. The summed E-state index contributed by atoms with van der Waals surface area (Å²) < 4.78 is 18.1. The highest BCUT2D eigenvalue weighted by Crippen LogP contribution is 2.30. The van der Waals surface area contributed by atoms with Gasteiger partial charge in [-0.3, -0.25) is 19.7 Å². The van der Waals surface area contributed by atoms with Gasteiger partial charge in [-0.2, -0.15) is 0 Å². The molecule has 1 aliphatic rings. The Morgan fingerprint density at radius 1 is 1.31 bits per heavy atom. The predicted octanol–water partition coefficient (Wildman–Crippen LogP) is 2.77. The average molecular weight is 401 g/mol. The molecule has 0 radical (unpaired) electrons. The van der Waals surface area contributed by atoms with Crippen molar-refractivity contribution in [2.75, 3.05) is 25.5 Å². The summed E-state index contributed by atoms with van der Waals surface area (Å²) in [5.41, 5.74) is 1.06. The molecule has 1 atom stereocenters. The summed E-state index contributed by atoms with van der Waals surface area (Å²) >= 11 is 0. The summed E-state index contributed by atoms with van der Waals surface area (Å²) in [6.45, 7) is 0.719. The number of nitrogens with one attached hydrogen (secondary N) is 1. The Kier molecular flexibility index (Phi) is 6.06. The molecule has 1 saturated heterocycles. The molecule has 0 spiro atoms. The number of anilines is 1. The number of hydrogen-bond donors (Lipinski definition) is 1. The van der Waals surface area contributed by atoms with Crippen LogP contribution in [0.3, 0.4) is 0 Å². The topological polar surface area (TPSA) is 102 Å². The molecule has 8 nitrogen and oxygen atoms in total. The van der Waals surface area contributed by atoms with E-state index in [0.29, 0.717) is 18.7 Å². The number of hydrogen-bond acceptors (Lipinski definition) is 5. The summed E-state index contributed by atoms with van der Waals surface area (Å²) in [5.74, 6) is -1.15. The maximum Gasteiger partial charge on any atom is 0.273 e. The number of rotatable bonds is 7. The predicted molar refractivity (Wildman–Crippen MR) is 103 cm³/mol. The molecule has 1 aliphatic heterocycles. The van der Waals surface area contributed by atoms with Crippen molar-refractivity contribution in [2.45, 2.75) is 12.8 Å². The minimum atomic E-state index is -0.553. The lowest BCUT2D eigenvalue weighted by Gasteiger charge is -2.17. The van der Waals surface area contributed by atoms with Gasteiger partial charge >= 0.3 is 0 Å². The fourth-order valence-electron chi connectivity index (χ4n) is 3.21. The lowest BCUT2D eigenvalue weighted by Crippen LogP contribution is -2.30. The minimum Gasteiger partial charge on any atom is -0.494 e. The molecule has 2 amide bonds. The molecule has 0 aliphatic carbocycles. The molecule has 29 heavy (non-hydrogen) atoms. The number of methoxy groups -OCH3 is 1. The van der Waals surface area contributed by atoms with E-state index in [-0.39, 0.29) is 42.0 Å². The van der Waals surface area contributed by atoms with Crippen LogP contribution < -0.4 is 10.1 Å². The van der Waals surface area contributed by atoms with Crippen LogP contribution in [0.15, 0.2) is 42.5 Å². The Hall–Kier alpha value is -3.49. The number of likely N-dealkylation sites (tertiary alicyclic amines) is 1. The number of non-ortho nitro benzene ring substituents is 1. The van der Waals surface area contributed by atoms with Crippen molar-refractivity contribution in [1.29, 1.82) is 0 Å². The van der Waals surface area contributed by atoms with E-state index in [1.165, 1.54) is 37.4 Å². The Labute approximate surface area is 166 Å². The van der Waals surface area contributed by atoms with Gasteiger partial charge in [0.05, 0.1) is 29.7 Å². The van der Waals surface area contributed by atoms with Gasteiger partial charge in [-0.25, -0.2) is 4.39 Å². The first-order valence-corrected chi connectivity index (χ1v) is 9.03. The zero-order valence-corrected chi connectivity index (χ0v) is 15.8. The Bertz CT molecular complexity index is 932. The van der Waals surface area contributed by atoms with Gasteiger partial charge in [0.2, 0.25) is 11.8 Å². The maximum atomic E-state index is 13.0. The molecule has 0 aromatic heterocycles. The molecular weight excluding hydrogens is 381 g/mol. The smallest absolute Gasteiger partial charge is 0.273 e. The molecule has 2 aromatic rings. The second kappa shape index (κ2) is 8.68. The first kappa shape index (κ1) is 20.2. The lowest BCUT2D eigenvalue weighted by atomic mass is 10.1. The first-order chi connectivity index (χ1) is 13.9. The van der Waals surface area contributed by atoms with Crippen molar-refractivity contribution >= 4 is 23.2 Å². The van der Waals surface area contributed by atoms with Crippen LogP contribution in [0, 0.1) is 21.8 Å². The summed E-state index contributed by atoms with van der Waals surface area (Å²) in [6.07, 6.45) is 0.654. The Morgan fingerprint density at radius 3 is 2.69 bits per heavy atom. The summed E-state index contributed by atoms with van der Waals surface area (Å²) in [6, 6.07) is 9.97. The number of nitro groups is 1.